The molecule has 28 heavy (non-hydrogen) atoms. The molecular formula is C21H34N6O. The Kier molecular flexibility index (Phi) is 6.54. The van der Waals surface area contributed by atoms with Crippen molar-refractivity contribution < 1.29 is 4.74 Å². The second kappa shape index (κ2) is 8.90. The molecule has 0 saturated carbocycles. The molecule has 3 rings (SSSR count). The molecule has 154 valence electrons. The Morgan fingerprint density at radius 1 is 1.11 bits per heavy atom. The van der Waals surface area contributed by atoms with E-state index in [4.69, 9.17) is 4.74 Å². The van der Waals surface area contributed by atoms with Crippen LogP contribution in [0.1, 0.15) is 58.8 Å². The van der Waals surface area contributed by atoms with Crippen LogP contribution in [0, 0.1) is 0 Å². The van der Waals surface area contributed by atoms with E-state index in [1.54, 1.807) is 7.11 Å². The van der Waals surface area contributed by atoms with Gasteiger partial charge in [-0.3, -0.25) is 4.90 Å². The molecule has 1 atom stereocenters. The molecule has 0 N–H and O–H groups in total. The van der Waals surface area contributed by atoms with Crippen molar-refractivity contribution >= 4 is 5.69 Å². The topological polar surface area (TPSA) is 59.3 Å². The van der Waals surface area contributed by atoms with Crippen LogP contribution in [-0.4, -0.2) is 58.4 Å². The number of methoxy groups -OCH3 is 1. The third-order valence-corrected chi connectivity index (χ3v) is 5.44. The van der Waals surface area contributed by atoms with Crippen molar-refractivity contribution in [2.45, 2.75) is 58.5 Å². The van der Waals surface area contributed by atoms with Crippen molar-refractivity contribution in [3.05, 3.63) is 30.1 Å². The van der Waals surface area contributed by atoms with Crippen LogP contribution in [0.15, 0.2) is 24.3 Å². The van der Waals surface area contributed by atoms with Gasteiger partial charge in [-0.25, -0.2) is 4.68 Å². The average Bonchev–Trinajstić information content (AvgIpc) is 3.19. The normalized spacial score (nSPS) is 17.0. The number of unbranched alkanes of at least 4 members (excludes halogenated alkanes) is 1. The summed E-state index contributed by atoms with van der Waals surface area (Å²) in [4.78, 5) is 4.97. The number of piperazine rings is 1. The molecule has 0 spiro atoms. The number of benzene rings is 1. The minimum atomic E-state index is -0.122. The smallest absolute Gasteiger partial charge is 0.168 e. The van der Waals surface area contributed by atoms with Gasteiger partial charge in [0.1, 0.15) is 5.75 Å². The Hall–Kier alpha value is -2.15. The summed E-state index contributed by atoms with van der Waals surface area (Å²) in [6.07, 6.45) is 3.44. The lowest BCUT2D eigenvalue weighted by Gasteiger charge is -2.40. The molecule has 1 aliphatic heterocycles. The molecule has 0 radical (unpaired) electrons. The van der Waals surface area contributed by atoms with E-state index in [-0.39, 0.29) is 11.6 Å². The minimum absolute atomic E-state index is 0.122. The molecule has 0 amide bonds. The number of rotatable bonds is 7. The Morgan fingerprint density at radius 2 is 1.82 bits per heavy atom. The fourth-order valence-electron chi connectivity index (χ4n) is 3.92. The molecule has 2 heterocycles. The minimum Gasteiger partial charge on any atom is -0.495 e. The number of hydrogen-bond acceptors (Lipinski definition) is 6. The summed E-state index contributed by atoms with van der Waals surface area (Å²) < 4.78 is 7.55. The standard InChI is InChI=1S/C21H34N6O/c1-6-7-10-18(20-22-23-24-27(20)21(2,3)4)26-15-13-25(14-16-26)17-11-8-9-12-19(17)28-5/h8-9,11-12,18H,6-7,10,13-16H2,1-5H3. The SMILES string of the molecule is CCCCC(c1nnnn1C(C)(C)C)N1CCN(c2ccccc2OC)CC1. The molecular weight excluding hydrogens is 352 g/mol. The lowest BCUT2D eigenvalue weighted by Crippen LogP contribution is -2.48. The maximum atomic E-state index is 5.55. The van der Waals surface area contributed by atoms with E-state index in [1.165, 1.54) is 18.5 Å². The first-order valence-corrected chi connectivity index (χ1v) is 10.4. The third-order valence-electron chi connectivity index (χ3n) is 5.44. The van der Waals surface area contributed by atoms with Gasteiger partial charge in [0, 0.05) is 26.2 Å². The number of para-hydroxylation sites is 2. The highest BCUT2D eigenvalue weighted by Crippen LogP contribution is 2.32. The molecule has 7 heteroatoms. The lowest BCUT2D eigenvalue weighted by molar-refractivity contribution is 0.155. The molecule has 0 aliphatic carbocycles. The van der Waals surface area contributed by atoms with Crippen molar-refractivity contribution in [2.24, 2.45) is 0 Å². The number of hydrogen-bond donors (Lipinski definition) is 0. The van der Waals surface area contributed by atoms with Gasteiger partial charge in [-0.15, -0.1) is 5.10 Å². The highest BCUT2D eigenvalue weighted by atomic mass is 16.5. The molecule has 1 aromatic heterocycles. The molecule has 0 bridgehead atoms. The monoisotopic (exact) mass is 386 g/mol. The van der Waals surface area contributed by atoms with Crippen LogP contribution in [0.25, 0.3) is 0 Å². The van der Waals surface area contributed by atoms with Crippen LogP contribution in [-0.2, 0) is 5.54 Å². The van der Waals surface area contributed by atoms with Crippen molar-refractivity contribution in [3.63, 3.8) is 0 Å². The largest absolute Gasteiger partial charge is 0.495 e. The summed E-state index contributed by atoms with van der Waals surface area (Å²) in [6, 6.07) is 8.53. The van der Waals surface area contributed by atoms with E-state index in [2.05, 4.69) is 65.2 Å². The second-order valence-electron chi connectivity index (χ2n) is 8.47. The summed E-state index contributed by atoms with van der Waals surface area (Å²) in [5, 5.41) is 12.7. The molecule has 1 aliphatic rings. The maximum absolute atomic E-state index is 5.55. The molecule has 1 aromatic carbocycles. The molecule has 7 nitrogen and oxygen atoms in total. The Labute approximate surface area is 168 Å². The van der Waals surface area contributed by atoms with Crippen LogP contribution in [0.2, 0.25) is 0 Å². The summed E-state index contributed by atoms with van der Waals surface area (Å²) in [6.45, 7) is 12.6. The summed E-state index contributed by atoms with van der Waals surface area (Å²) in [5.41, 5.74) is 1.05. The zero-order chi connectivity index (χ0) is 20.1. The number of ether oxygens (including phenoxy) is 1. The van der Waals surface area contributed by atoms with Crippen LogP contribution >= 0.6 is 0 Å². The van der Waals surface area contributed by atoms with Crippen LogP contribution in [0.4, 0.5) is 5.69 Å². The Bertz CT molecular complexity index is 745. The molecule has 1 fully saturated rings. The van der Waals surface area contributed by atoms with E-state index in [0.717, 1.165) is 44.2 Å². The van der Waals surface area contributed by atoms with E-state index in [1.807, 2.05) is 16.8 Å². The van der Waals surface area contributed by atoms with Gasteiger partial charge in [-0.2, -0.15) is 0 Å². The first-order valence-electron chi connectivity index (χ1n) is 10.4. The fourth-order valence-corrected chi connectivity index (χ4v) is 3.92. The van der Waals surface area contributed by atoms with Crippen molar-refractivity contribution in [2.75, 3.05) is 38.2 Å². The number of aromatic nitrogens is 4. The van der Waals surface area contributed by atoms with Crippen molar-refractivity contribution in [3.8, 4) is 5.75 Å². The second-order valence-corrected chi connectivity index (χ2v) is 8.47. The van der Waals surface area contributed by atoms with E-state index < -0.39 is 0 Å². The summed E-state index contributed by atoms with van der Waals surface area (Å²) in [7, 11) is 1.74. The lowest BCUT2D eigenvalue weighted by atomic mass is 10.0. The quantitative estimate of drug-likeness (QED) is 0.726. The van der Waals surface area contributed by atoms with Gasteiger partial charge in [-0.1, -0.05) is 31.9 Å². The van der Waals surface area contributed by atoms with E-state index >= 15 is 0 Å². The van der Waals surface area contributed by atoms with Gasteiger partial charge >= 0.3 is 0 Å². The third kappa shape index (κ3) is 4.46. The highest BCUT2D eigenvalue weighted by Gasteiger charge is 2.32. The predicted octanol–water partition coefficient (Wildman–Crippen LogP) is 3.49. The zero-order valence-electron chi connectivity index (χ0n) is 17.9. The van der Waals surface area contributed by atoms with Gasteiger partial charge in [0.25, 0.3) is 0 Å². The predicted molar refractivity (Wildman–Crippen MR) is 112 cm³/mol. The number of anilines is 1. The first kappa shape index (κ1) is 20.6. The Balaban J connectivity index is 1.76. The van der Waals surface area contributed by atoms with E-state index in [9.17, 15) is 0 Å². The van der Waals surface area contributed by atoms with Gasteiger partial charge < -0.3 is 9.64 Å². The van der Waals surface area contributed by atoms with Crippen LogP contribution < -0.4 is 9.64 Å². The summed E-state index contributed by atoms with van der Waals surface area (Å²) >= 11 is 0. The average molecular weight is 387 g/mol. The zero-order valence-corrected chi connectivity index (χ0v) is 17.9. The Morgan fingerprint density at radius 3 is 2.46 bits per heavy atom. The van der Waals surface area contributed by atoms with Crippen LogP contribution in [0.5, 0.6) is 5.75 Å². The first-order chi connectivity index (χ1) is 13.5. The number of tetrazole rings is 1. The molecule has 2 aromatic rings. The molecule has 1 saturated heterocycles. The van der Waals surface area contributed by atoms with Gasteiger partial charge in [0.2, 0.25) is 0 Å². The van der Waals surface area contributed by atoms with Crippen LogP contribution in [0.3, 0.4) is 0 Å². The fraction of sp³-hybridized carbons (Fsp3) is 0.667. The highest BCUT2D eigenvalue weighted by molar-refractivity contribution is 5.58. The molecule has 1 unspecified atom stereocenters. The van der Waals surface area contributed by atoms with E-state index in [0.29, 0.717) is 0 Å². The number of nitrogens with zero attached hydrogens (tertiary/aromatic N) is 6. The van der Waals surface area contributed by atoms with Gasteiger partial charge in [0.05, 0.1) is 24.4 Å². The van der Waals surface area contributed by atoms with Gasteiger partial charge in [0.15, 0.2) is 5.82 Å². The maximum Gasteiger partial charge on any atom is 0.168 e. The summed E-state index contributed by atoms with van der Waals surface area (Å²) in [5.74, 6) is 1.93. The van der Waals surface area contributed by atoms with Crippen molar-refractivity contribution in [1.82, 2.24) is 25.1 Å². The van der Waals surface area contributed by atoms with Gasteiger partial charge in [-0.05, 0) is 49.8 Å². The van der Waals surface area contributed by atoms with Crippen molar-refractivity contribution in [1.29, 1.82) is 0 Å².